The normalized spacial score (nSPS) is 13.9. The Labute approximate surface area is 382 Å². The molecule has 13 rings (SSSR count). The molecule has 0 radical (unpaired) electrons. The van der Waals surface area contributed by atoms with Crippen LogP contribution in [0.4, 0.5) is 17.1 Å². The lowest BCUT2D eigenvalue weighted by molar-refractivity contribution is 0.434. The summed E-state index contributed by atoms with van der Waals surface area (Å²) in [7, 11) is 0. The Kier molecular flexibility index (Phi) is 8.56. The highest BCUT2D eigenvalue weighted by molar-refractivity contribution is 7.26. The summed E-state index contributed by atoms with van der Waals surface area (Å²) >= 11 is 1.86. The van der Waals surface area contributed by atoms with Crippen LogP contribution in [-0.2, 0) is 10.8 Å². The van der Waals surface area contributed by atoms with Gasteiger partial charge in [-0.3, -0.25) is 0 Å². The molecule has 306 valence electrons. The van der Waals surface area contributed by atoms with Crippen molar-refractivity contribution in [2.24, 2.45) is 0 Å². The average molecular weight is 848 g/mol. The van der Waals surface area contributed by atoms with Crippen molar-refractivity contribution in [2.75, 3.05) is 4.90 Å². The fourth-order valence-electron chi connectivity index (χ4n) is 11.3. The van der Waals surface area contributed by atoms with Gasteiger partial charge in [0.25, 0.3) is 0 Å². The van der Waals surface area contributed by atoms with Gasteiger partial charge in [-0.25, -0.2) is 0 Å². The molecule has 65 heavy (non-hydrogen) atoms. The summed E-state index contributed by atoms with van der Waals surface area (Å²) < 4.78 is 9.48. The summed E-state index contributed by atoms with van der Waals surface area (Å²) in [5.41, 5.74) is 14.0. The maximum atomic E-state index is 6.97. The van der Waals surface area contributed by atoms with Crippen molar-refractivity contribution in [3.63, 3.8) is 0 Å². The first-order valence-electron chi connectivity index (χ1n) is 22.3. The van der Waals surface area contributed by atoms with Crippen LogP contribution < -0.4 is 9.64 Å². The van der Waals surface area contributed by atoms with Crippen LogP contribution in [0.3, 0.4) is 0 Å². The second-order valence-corrected chi connectivity index (χ2v) is 18.1. The number of thiophene rings is 1. The second kappa shape index (κ2) is 14.8. The van der Waals surface area contributed by atoms with Crippen LogP contribution in [0.15, 0.2) is 249 Å². The zero-order valence-electron chi connectivity index (χ0n) is 35.4. The lowest BCUT2D eigenvalue weighted by Crippen LogP contribution is -2.34. The predicted octanol–water partition coefficient (Wildman–Crippen LogP) is 16.4. The minimum Gasteiger partial charge on any atom is -0.457 e. The van der Waals surface area contributed by atoms with E-state index in [1.807, 2.05) is 11.3 Å². The van der Waals surface area contributed by atoms with Gasteiger partial charge in [0.2, 0.25) is 0 Å². The molecule has 0 atom stereocenters. The number of rotatable bonds is 7. The largest absolute Gasteiger partial charge is 0.457 e. The number of fused-ring (bicyclic) bond motifs is 8. The third-order valence-electron chi connectivity index (χ3n) is 13.9. The minimum atomic E-state index is -0.688. The fraction of sp³-hybridized carbons (Fsp3) is 0.0323. The summed E-state index contributed by atoms with van der Waals surface area (Å²) in [5.74, 6) is 1.70. The zero-order valence-corrected chi connectivity index (χ0v) is 36.3. The third kappa shape index (κ3) is 5.40. The summed E-state index contributed by atoms with van der Waals surface area (Å²) in [6, 6.07) is 91.3. The Bertz CT molecular complexity index is 3510. The van der Waals surface area contributed by atoms with E-state index in [0.717, 1.165) is 39.7 Å². The Hall–Kier alpha value is -7.98. The van der Waals surface area contributed by atoms with Gasteiger partial charge in [-0.15, -0.1) is 11.3 Å². The van der Waals surface area contributed by atoms with Crippen molar-refractivity contribution in [1.29, 1.82) is 0 Å². The molecule has 2 nitrogen and oxygen atoms in total. The molecule has 0 spiro atoms. The highest BCUT2D eigenvalue weighted by atomic mass is 32.1. The molecule has 10 aromatic carbocycles. The van der Waals surface area contributed by atoms with Gasteiger partial charge in [0, 0.05) is 32.3 Å². The van der Waals surface area contributed by atoms with E-state index in [9.17, 15) is 0 Å². The Morgan fingerprint density at radius 2 is 0.831 bits per heavy atom. The van der Waals surface area contributed by atoms with E-state index in [-0.39, 0.29) is 0 Å². The molecule has 0 N–H and O–H groups in total. The van der Waals surface area contributed by atoms with Gasteiger partial charge in [-0.1, -0.05) is 206 Å². The highest BCUT2D eigenvalue weighted by Crippen LogP contribution is 2.61. The number of ether oxygens (including phenoxy) is 1. The number of anilines is 3. The molecule has 0 amide bonds. The van der Waals surface area contributed by atoms with Gasteiger partial charge < -0.3 is 9.64 Å². The maximum Gasteiger partial charge on any atom is 0.132 e. The van der Waals surface area contributed by atoms with Crippen molar-refractivity contribution in [2.45, 2.75) is 10.8 Å². The smallest absolute Gasteiger partial charge is 0.132 e. The van der Waals surface area contributed by atoms with E-state index in [1.165, 1.54) is 64.7 Å². The monoisotopic (exact) mass is 847 g/mol. The van der Waals surface area contributed by atoms with E-state index in [2.05, 4.69) is 254 Å². The summed E-state index contributed by atoms with van der Waals surface area (Å²) in [5, 5.41) is 2.52. The summed E-state index contributed by atoms with van der Waals surface area (Å²) in [4.78, 5) is 2.54. The van der Waals surface area contributed by atoms with Crippen LogP contribution >= 0.6 is 11.3 Å². The SMILES string of the molecule is c1ccc(C2(c3ccccc3)c3ccccc3Oc3ccc(N(c4ccccc4C4(c5ccccc5)c5ccccc5-c5ccccc54)c4cccc5c4sc4ccccc45)cc32)cc1. The molecule has 2 aliphatic rings. The van der Waals surface area contributed by atoms with Gasteiger partial charge in [0.15, 0.2) is 0 Å². The van der Waals surface area contributed by atoms with Crippen LogP contribution in [-0.4, -0.2) is 0 Å². The molecule has 3 heteroatoms. The zero-order chi connectivity index (χ0) is 43.0. The van der Waals surface area contributed by atoms with E-state index in [1.54, 1.807) is 0 Å². The number of para-hydroxylation sites is 2. The van der Waals surface area contributed by atoms with Gasteiger partial charge in [0.1, 0.15) is 11.5 Å². The van der Waals surface area contributed by atoms with Crippen molar-refractivity contribution >= 4 is 48.6 Å². The first-order valence-corrected chi connectivity index (χ1v) is 23.2. The van der Waals surface area contributed by atoms with Crippen LogP contribution in [0.1, 0.15) is 44.5 Å². The van der Waals surface area contributed by atoms with Gasteiger partial charge in [-0.05, 0) is 87.0 Å². The number of hydrogen-bond acceptors (Lipinski definition) is 3. The predicted molar refractivity (Wildman–Crippen MR) is 270 cm³/mol. The van der Waals surface area contributed by atoms with Crippen molar-refractivity contribution in [1.82, 2.24) is 0 Å². The lowest BCUT2D eigenvalue weighted by atomic mass is 9.63. The van der Waals surface area contributed by atoms with Gasteiger partial charge in [0.05, 0.1) is 26.9 Å². The molecule has 1 aliphatic heterocycles. The maximum absolute atomic E-state index is 6.97. The first kappa shape index (κ1) is 37.6. The topological polar surface area (TPSA) is 12.5 Å². The van der Waals surface area contributed by atoms with Crippen molar-refractivity contribution in [3.05, 3.63) is 293 Å². The van der Waals surface area contributed by atoms with Crippen molar-refractivity contribution < 1.29 is 4.74 Å². The van der Waals surface area contributed by atoms with E-state index in [0.29, 0.717) is 0 Å². The molecule has 0 saturated carbocycles. The summed E-state index contributed by atoms with van der Waals surface area (Å²) in [6.45, 7) is 0. The van der Waals surface area contributed by atoms with Crippen LogP contribution in [0.5, 0.6) is 11.5 Å². The third-order valence-corrected chi connectivity index (χ3v) is 15.1. The molecule has 0 fully saturated rings. The molecule has 0 unspecified atom stereocenters. The molecular weight excluding hydrogens is 807 g/mol. The van der Waals surface area contributed by atoms with Crippen LogP contribution in [0.25, 0.3) is 31.3 Å². The quantitative estimate of drug-likeness (QED) is 0.158. The van der Waals surface area contributed by atoms with Crippen LogP contribution in [0, 0.1) is 0 Å². The van der Waals surface area contributed by atoms with Crippen LogP contribution in [0.2, 0.25) is 0 Å². The Morgan fingerprint density at radius 3 is 1.51 bits per heavy atom. The minimum absolute atomic E-state index is 0.633. The molecule has 0 saturated heterocycles. The molecule has 2 heterocycles. The second-order valence-electron chi connectivity index (χ2n) is 17.1. The average Bonchev–Trinajstić information content (AvgIpc) is 3.91. The Morgan fingerprint density at radius 1 is 0.338 bits per heavy atom. The van der Waals surface area contributed by atoms with Gasteiger partial charge in [-0.2, -0.15) is 0 Å². The van der Waals surface area contributed by atoms with E-state index in [4.69, 9.17) is 4.74 Å². The Balaban J connectivity index is 1.16. The first-order chi connectivity index (χ1) is 32.3. The molecule has 0 bridgehead atoms. The standard InChI is InChI=1S/C62H41NOS/c1-4-21-42(22-5-1)61(43-23-6-2-7-24-43)53-34-16-18-37-57(53)64-58-40-39-45(41-54(58)61)63(56-36-20-30-49-48-29-12-19-38-59(48)65-60(49)56)55-35-17-15-33-52(55)62(44-25-8-3-9-26-44)50-31-13-10-27-46(50)47-28-11-14-32-51(47)62/h1-41H. The summed E-state index contributed by atoms with van der Waals surface area (Å²) in [6.07, 6.45) is 0. The van der Waals surface area contributed by atoms with E-state index < -0.39 is 10.8 Å². The number of hydrogen-bond donors (Lipinski definition) is 0. The van der Waals surface area contributed by atoms with Crippen molar-refractivity contribution in [3.8, 4) is 22.6 Å². The number of nitrogens with zero attached hydrogens (tertiary/aromatic N) is 1. The lowest BCUT2D eigenvalue weighted by Gasteiger charge is -2.42. The molecule has 1 aromatic heterocycles. The molecular formula is C62H41NOS. The highest BCUT2D eigenvalue weighted by Gasteiger charge is 2.49. The number of benzene rings is 10. The van der Waals surface area contributed by atoms with E-state index >= 15 is 0 Å². The molecule has 1 aliphatic carbocycles. The molecule has 11 aromatic rings. The fourth-order valence-corrected chi connectivity index (χ4v) is 12.5. The van der Waals surface area contributed by atoms with Gasteiger partial charge >= 0.3 is 0 Å².